The van der Waals surface area contributed by atoms with Gasteiger partial charge in [0.2, 0.25) is 11.8 Å². The number of amides is 2. The Balaban J connectivity index is 1.49. The number of hydrogen-bond donors (Lipinski definition) is 0. The van der Waals surface area contributed by atoms with E-state index < -0.39 is 0 Å². The van der Waals surface area contributed by atoms with E-state index >= 15 is 0 Å². The Morgan fingerprint density at radius 2 is 1.40 bits per heavy atom. The maximum absolute atomic E-state index is 13.4. The molecule has 0 radical (unpaired) electrons. The van der Waals surface area contributed by atoms with Crippen LogP contribution in [0.15, 0.2) is 41.5 Å². The highest BCUT2D eigenvalue weighted by molar-refractivity contribution is 6.23. The Morgan fingerprint density at radius 1 is 0.880 bits per heavy atom. The van der Waals surface area contributed by atoms with Gasteiger partial charge in [-0.05, 0) is 60.5 Å². The number of nitrogens with zero attached hydrogens (tertiary/aromatic N) is 1. The van der Waals surface area contributed by atoms with Crippen molar-refractivity contribution in [3.63, 3.8) is 0 Å². The van der Waals surface area contributed by atoms with Gasteiger partial charge in [-0.25, -0.2) is 0 Å². The molecule has 1 aliphatic heterocycles. The van der Waals surface area contributed by atoms with Gasteiger partial charge >= 0.3 is 0 Å². The van der Waals surface area contributed by atoms with Crippen molar-refractivity contribution in [1.82, 2.24) is 0 Å². The summed E-state index contributed by atoms with van der Waals surface area (Å²) < 4.78 is 0. The zero-order chi connectivity index (χ0) is 17.1. The van der Waals surface area contributed by atoms with Gasteiger partial charge in [-0.2, -0.15) is 0 Å². The van der Waals surface area contributed by atoms with Gasteiger partial charge in [-0.1, -0.05) is 43.2 Å². The molecule has 25 heavy (non-hydrogen) atoms. The first-order valence-corrected chi connectivity index (χ1v) is 9.68. The minimum Gasteiger partial charge on any atom is -0.274 e. The predicted molar refractivity (Wildman–Crippen MR) is 94.5 cm³/mol. The lowest BCUT2D eigenvalue weighted by molar-refractivity contribution is -0.124. The van der Waals surface area contributed by atoms with E-state index in [0.717, 1.165) is 5.69 Å². The molecule has 0 unspecified atom stereocenters. The summed E-state index contributed by atoms with van der Waals surface area (Å²) in [5.41, 5.74) is 4.04. The molecule has 3 heteroatoms. The molecule has 4 bridgehead atoms. The molecule has 0 N–H and O–H groups in total. The van der Waals surface area contributed by atoms with Crippen LogP contribution >= 0.6 is 0 Å². The van der Waals surface area contributed by atoms with Crippen molar-refractivity contribution in [2.24, 2.45) is 40.9 Å². The van der Waals surface area contributed by atoms with Crippen molar-refractivity contribution in [3.05, 3.63) is 41.5 Å². The summed E-state index contributed by atoms with van der Waals surface area (Å²) in [5, 5.41) is 0. The number of para-hydroxylation sites is 1. The first-order chi connectivity index (χ1) is 12.0. The quantitative estimate of drug-likeness (QED) is 0.445. The fourth-order valence-corrected chi connectivity index (χ4v) is 7.44. The fourth-order valence-electron chi connectivity index (χ4n) is 7.44. The highest BCUT2D eigenvalue weighted by atomic mass is 16.2. The summed E-state index contributed by atoms with van der Waals surface area (Å²) in [7, 11) is 0. The van der Waals surface area contributed by atoms with Crippen LogP contribution in [-0.4, -0.2) is 11.8 Å². The maximum atomic E-state index is 13.4. The van der Waals surface area contributed by atoms with E-state index in [1.54, 1.807) is 11.1 Å². The van der Waals surface area contributed by atoms with Crippen molar-refractivity contribution in [1.29, 1.82) is 0 Å². The Morgan fingerprint density at radius 3 is 1.92 bits per heavy atom. The van der Waals surface area contributed by atoms with E-state index in [1.807, 2.05) is 30.3 Å². The third-order valence-electron chi connectivity index (χ3n) is 8.05. The molecule has 6 atom stereocenters. The van der Waals surface area contributed by atoms with E-state index in [-0.39, 0.29) is 40.9 Å². The molecule has 4 aliphatic carbocycles. The lowest BCUT2D eigenvalue weighted by atomic mass is 9.72. The van der Waals surface area contributed by atoms with Gasteiger partial charge < -0.3 is 0 Å². The molecule has 128 valence electrons. The Hall–Kier alpha value is -1.90. The summed E-state index contributed by atoms with van der Waals surface area (Å²) in [5.74, 6) is 1.84. The van der Waals surface area contributed by atoms with Crippen LogP contribution in [0.1, 0.15) is 33.1 Å². The van der Waals surface area contributed by atoms with Crippen LogP contribution in [0.5, 0.6) is 0 Å². The molecule has 2 amide bonds. The number of imide groups is 1. The zero-order valence-electron chi connectivity index (χ0n) is 14.7. The number of carbonyl (C=O) groups excluding carboxylic acids is 2. The predicted octanol–water partition coefficient (Wildman–Crippen LogP) is 3.80. The first-order valence-electron chi connectivity index (χ1n) is 9.68. The van der Waals surface area contributed by atoms with Crippen LogP contribution in [0.3, 0.4) is 0 Å². The smallest absolute Gasteiger partial charge is 0.238 e. The van der Waals surface area contributed by atoms with Crippen LogP contribution in [0.25, 0.3) is 0 Å². The highest BCUT2D eigenvalue weighted by Crippen LogP contribution is 2.74. The second-order valence-corrected chi connectivity index (χ2v) is 9.29. The van der Waals surface area contributed by atoms with E-state index in [9.17, 15) is 9.59 Å². The van der Waals surface area contributed by atoms with Gasteiger partial charge in [-0.3, -0.25) is 14.5 Å². The van der Waals surface area contributed by atoms with Crippen LogP contribution in [0.2, 0.25) is 0 Å². The summed E-state index contributed by atoms with van der Waals surface area (Å²) in [6, 6.07) is 9.50. The summed E-state index contributed by atoms with van der Waals surface area (Å²) in [6.45, 7) is 4.62. The molecular weight excluding hydrogens is 310 g/mol. The molecule has 3 fully saturated rings. The second-order valence-electron chi connectivity index (χ2n) is 9.29. The number of rotatable bonds is 1. The summed E-state index contributed by atoms with van der Waals surface area (Å²) in [6.07, 6.45) is 3.88. The molecular formula is C22H23NO2. The van der Waals surface area contributed by atoms with E-state index in [2.05, 4.69) is 13.8 Å². The third-order valence-corrected chi connectivity index (χ3v) is 8.05. The average Bonchev–Trinajstić information content (AvgIpc) is 3.35. The van der Waals surface area contributed by atoms with Crippen LogP contribution in [0, 0.1) is 40.9 Å². The molecule has 5 aliphatic rings. The molecule has 1 heterocycles. The van der Waals surface area contributed by atoms with Crippen molar-refractivity contribution in [2.75, 3.05) is 4.90 Å². The number of allylic oxidation sites excluding steroid dienone is 2. The topological polar surface area (TPSA) is 37.4 Å². The average molecular weight is 333 g/mol. The third kappa shape index (κ3) is 1.43. The summed E-state index contributed by atoms with van der Waals surface area (Å²) >= 11 is 0. The Bertz CT molecular complexity index is 804. The molecule has 0 spiro atoms. The largest absolute Gasteiger partial charge is 0.274 e. The van der Waals surface area contributed by atoms with Crippen molar-refractivity contribution < 1.29 is 9.59 Å². The van der Waals surface area contributed by atoms with E-state index in [4.69, 9.17) is 0 Å². The zero-order valence-corrected chi connectivity index (χ0v) is 14.7. The molecule has 6 rings (SSSR count). The second kappa shape index (κ2) is 4.25. The standard InChI is InChI=1S/C22H23NO2/c1-22(2)18-14-11-8-9-12(10-11)15(14)19(22)17-16(18)20(24)23(21(17)25)13-6-4-3-5-7-13/h3-7,11-12,16-19H,8-10H2,1-2H3/t11-,12-,16-,17-,18-,19-/m0/s1. The van der Waals surface area contributed by atoms with Crippen LogP contribution in [0.4, 0.5) is 5.69 Å². The number of hydrogen-bond acceptors (Lipinski definition) is 2. The number of benzene rings is 1. The molecule has 1 aromatic rings. The SMILES string of the molecule is CC1(C)[C@H]2C3=C([C@H]4CC[C@H]3C4)[C@H]1[C@H]1C(=O)N(c3ccccc3)C(=O)[C@@H]12. The normalized spacial score (nSPS) is 42.6. The monoisotopic (exact) mass is 333 g/mol. The van der Waals surface area contributed by atoms with Gasteiger partial charge in [0.05, 0.1) is 17.5 Å². The summed E-state index contributed by atoms with van der Waals surface area (Å²) in [4.78, 5) is 28.2. The van der Waals surface area contributed by atoms with E-state index in [0.29, 0.717) is 11.8 Å². The minimum absolute atomic E-state index is 0.0519. The van der Waals surface area contributed by atoms with Gasteiger partial charge in [0.15, 0.2) is 0 Å². The van der Waals surface area contributed by atoms with Gasteiger partial charge in [0.1, 0.15) is 0 Å². The lowest BCUT2D eigenvalue weighted by Gasteiger charge is -2.32. The molecule has 2 saturated carbocycles. The van der Waals surface area contributed by atoms with Gasteiger partial charge in [0, 0.05) is 0 Å². The maximum Gasteiger partial charge on any atom is 0.238 e. The van der Waals surface area contributed by atoms with Crippen LogP contribution in [-0.2, 0) is 9.59 Å². The number of fused-ring (bicyclic) bond motifs is 11. The number of anilines is 1. The fraction of sp³-hybridized carbons (Fsp3) is 0.545. The van der Waals surface area contributed by atoms with Crippen LogP contribution < -0.4 is 4.90 Å². The molecule has 0 aromatic heterocycles. The minimum atomic E-state index is -0.120. The molecule has 1 aromatic carbocycles. The lowest BCUT2D eigenvalue weighted by Crippen LogP contribution is -2.37. The molecule has 3 nitrogen and oxygen atoms in total. The number of carbonyl (C=O) groups is 2. The van der Waals surface area contributed by atoms with Gasteiger partial charge in [0.25, 0.3) is 0 Å². The van der Waals surface area contributed by atoms with Crippen molar-refractivity contribution in [3.8, 4) is 0 Å². The Kier molecular flexibility index (Phi) is 2.43. The van der Waals surface area contributed by atoms with E-state index in [1.165, 1.54) is 24.2 Å². The van der Waals surface area contributed by atoms with Crippen molar-refractivity contribution in [2.45, 2.75) is 33.1 Å². The van der Waals surface area contributed by atoms with Crippen molar-refractivity contribution >= 4 is 17.5 Å². The van der Waals surface area contributed by atoms with Gasteiger partial charge in [-0.15, -0.1) is 0 Å². The first kappa shape index (κ1) is 14.3. The molecule has 1 saturated heterocycles. The highest BCUT2D eigenvalue weighted by Gasteiger charge is 2.73. The Labute approximate surface area is 148 Å².